The molecule has 1 spiro atoms. The minimum atomic E-state index is 0.394. The first kappa shape index (κ1) is 18.9. The van der Waals surface area contributed by atoms with Crippen molar-refractivity contribution in [3.05, 3.63) is 35.9 Å². The Morgan fingerprint density at radius 2 is 1.85 bits per heavy atom. The quantitative estimate of drug-likeness (QED) is 0.798. The molecular weight excluding hydrogens is 334 g/mol. The van der Waals surface area contributed by atoms with Crippen molar-refractivity contribution in [2.45, 2.75) is 51.0 Å². The van der Waals surface area contributed by atoms with E-state index in [1.165, 1.54) is 50.9 Å². The van der Waals surface area contributed by atoms with Crippen molar-refractivity contribution in [1.82, 2.24) is 14.7 Å². The highest BCUT2D eigenvalue weighted by molar-refractivity contribution is 5.77. The molecule has 3 saturated heterocycles. The van der Waals surface area contributed by atoms with Crippen LogP contribution in [-0.2, 0) is 11.2 Å². The molecule has 0 bridgehead atoms. The van der Waals surface area contributed by atoms with Gasteiger partial charge in [-0.05, 0) is 82.7 Å². The van der Waals surface area contributed by atoms with Crippen molar-refractivity contribution in [1.29, 1.82) is 0 Å². The summed E-state index contributed by atoms with van der Waals surface area (Å²) in [5, 5.41) is 0. The van der Waals surface area contributed by atoms with Crippen LogP contribution in [0.4, 0.5) is 0 Å². The first-order chi connectivity index (χ1) is 13.1. The molecule has 148 valence electrons. The molecule has 4 nitrogen and oxygen atoms in total. The minimum absolute atomic E-state index is 0.394. The van der Waals surface area contributed by atoms with Crippen LogP contribution < -0.4 is 0 Å². The Morgan fingerprint density at radius 1 is 1.07 bits per heavy atom. The summed E-state index contributed by atoms with van der Waals surface area (Å²) in [6.45, 7) is 6.84. The molecule has 1 atom stereocenters. The number of likely N-dealkylation sites (N-methyl/N-ethyl adjacent to an activating group) is 1. The van der Waals surface area contributed by atoms with E-state index < -0.39 is 0 Å². The number of rotatable bonds is 5. The fourth-order valence-corrected chi connectivity index (χ4v) is 5.35. The maximum atomic E-state index is 12.6. The Morgan fingerprint density at radius 3 is 2.56 bits per heavy atom. The summed E-state index contributed by atoms with van der Waals surface area (Å²) in [4.78, 5) is 19.8. The van der Waals surface area contributed by atoms with Crippen molar-refractivity contribution < 1.29 is 4.79 Å². The van der Waals surface area contributed by atoms with E-state index in [9.17, 15) is 4.79 Å². The van der Waals surface area contributed by atoms with Crippen LogP contribution in [0.5, 0.6) is 0 Å². The SMILES string of the molecule is CN1CCC(N2CC3(CCC2=O)CCN(CCCc2ccccc2)CC3)C1. The van der Waals surface area contributed by atoms with Crippen LogP contribution >= 0.6 is 0 Å². The molecule has 3 fully saturated rings. The molecular formula is C23H35N3O. The second kappa shape index (κ2) is 8.32. The van der Waals surface area contributed by atoms with Gasteiger partial charge in [-0.3, -0.25) is 4.79 Å². The van der Waals surface area contributed by atoms with Crippen LogP contribution in [0, 0.1) is 5.41 Å². The van der Waals surface area contributed by atoms with Gasteiger partial charge >= 0.3 is 0 Å². The van der Waals surface area contributed by atoms with Crippen molar-refractivity contribution in [3.8, 4) is 0 Å². The third-order valence-electron chi connectivity index (χ3n) is 7.20. The molecule has 0 radical (unpaired) electrons. The van der Waals surface area contributed by atoms with E-state index in [1.807, 2.05) is 0 Å². The van der Waals surface area contributed by atoms with Gasteiger partial charge in [-0.1, -0.05) is 30.3 Å². The lowest BCUT2D eigenvalue weighted by Crippen LogP contribution is -2.54. The van der Waals surface area contributed by atoms with Gasteiger partial charge in [-0.15, -0.1) is 0 Å². The molecule has 3 aliphatic rings. The van der Waals surface area contributed by atoms with E-state index in [1.54, 1.807) is 0 Å². The van der Waals surface area contributed by atoms with E-state index in [2.05, 4.69) is 52.1 Å². The number of piperidine rings is 2. The molecule has 3 heterocycles. The highest BCUT2D eigenvalue weighted by Crippen LogP contribution is 2.41. The smallest absolute Gasteiger partial charge is 0.222 e. The molecule has 0 saturated carbocycles. The Balaban J connectivity index is 1.25. The van der Waals surface area contributed by atoms with Crippen LogP contribution in [0.2, 0.25) is 0 Å². The monoisotopic (exact) mass is 369 g/mol. The Labute approximate surface area is 164 Å². The van der Waals surface area contributed by atoms with Crippen molar-refractivity contribution in [2.24, 2.45) is 5.41 Å². The Bertz CT molecular complexity index is 624. The zero-order valence-electron chi connectivity index (χ0n) is 16.9. The normalized spacial score (nSPS) is 26.8. The van der Waals surface area contributed by atoms with Crippen molar-refractivity contribution in [3.63, 3.8) is 0 Å². The maximum Gasteiger partial charge on any atom is 0.222 e. The van der Waals surface area contributed by atoms with E-state index in [4.69, 9.17) is 0 Å². The zero-order valence-corrected chi connectivity index (χ0v) is 16.9. The highest BCUT2D eigenvalue weighted by Gasteiger charge is 2.43. The van der Waals surface area contributed by atoms with Gasteiger partial charge in [-0.2, -0.15) is 0 Å². The molecule has 0 N–H and O–H groups in total. The minimum Gasteiger partial charge on any atom is -0.338 e. The van der Waals surface area contributed by atoms with Crippen molar-refractivity contribution >= 4 is 5.91 Å². The summed E-state index contributed by atoms with van der Waals surface area (Å²) < 4.78 is 0. The standard InChI is InChI=1S/C23H35N3O/c1-24-15-10-21(18-24)26-19-23(11-9-22(26)27)12-16-25(17-13-23)14-5-8-20-6-3-2-4-7-20/h2-4,6-7,21H,5,8-19H2,1H3. The lowest BCUT2D eigenvalue weighted by atomic mass is 9.72. The average Bonchev–Trinajstić information content (AvgIpc) is 3.13. The second-order valence-corrected chi connectivity index (χ2v) is 9.16. The molecule has 1 amide bonds. The zero-order chi connectivity index (χ0) is 18.7. The predicted octanol–water partition coefficient (Wildman–Crippen LogP) is 3.03. The third kappa shape index (κ3) is 4.55. The molecule has 1 aromatic rings. The number of carbonyl (C=O) groups is 1. The fraction of sp³-hybridized carbons (Fsp3) is 0.696. The first-order valence-electron chi connectivity index (χ1n) is 10.9. The Kier molecular flexibility index (Phi) is 5.84. The summed E-state index contributed by atoms with van der Waals surface area (Å²) in [5.74, 6) is 0.409. The number of aryl methyl sites for hydroxylation is 1. The van der Waals surface area contributed by atoms with Gasteiger partial charge in [0.2, 0.25) is 5.91 Å². The van der Waals surface area contributed by atoms with E-state index in [0.717, 1.165) is 38.9 Å². The Hall–Kier alpha value is -1.39. The van der Waals surface area contributed by atoms with Crippen LogP contribution in [0.15, 0.2) is 30.3 Å². The number of hydrogen-bond donors (Lipinski definition) is 0. The van der Waals surface area contributed by atoms with Crippen LogP contribution in [0.25, 0.3) is 0 Å². The first-order valence-corrected chi connectivity index (χ1v) is 10.9. The van der Waals surface area contributed by atoms with Gasteiger partial charge in [0.15, 0.2) is 0 Å². The number of nitrogens with zero attached hydrogens (tertiary/aromatic N) is 3. The second-order valence-electron chi connectivity index (χ2n) is 9.16. The van der Waals surface area contributed by atoms with Gasteiger partial charge in [0.05, 0.1) is 0 Å². The number of benzene rings is 1. The molecule has 0 aromatic heterocycles. The summed E-state index contributed by atoms with van der Waals surface area (Å²) in [6, 6.07) is 11.3. The average molecular weight is 370 g/mol. The van der Waals surface area contributed by atoms with Crippen LogP contribution in [0.3, 0.4) is 0 Å². The van der Waals surface area contributed by atoms with Gasteiger partial charge in [-0.25, -0.2) is 0 Å². The molecule has 0 aliphatic carbocycles. The molecule has 1 aromatic carbocycles. The van der Waals surface area contributed by atoms with Crippen molar-refractivity contribution in [2.75, 3.05) is 46.3 Å². The highest BCUT2D eigenvalue weighted by atomic mass is 16.2. The van der Waals surface area contributed by atoms with E-state index in [-0.39, 0.29) is 0 Å². The van der Waals surface area contributed by atoms with Gasteiger partial charge < -0.3 is 14.7 Å². The van der Waals surface area contributed by atoms with Gasteiger partial charge in [0.25, 0.3) is 0 Å². The molecule has 4 rings (SSSR count). The van der Waals surface area contributed by atoms with E-state index in [0.29, 0.717) is 17.4 Å². The lowest BCUT2D eigenvalue weighted by Gasteiger charge is -2.49. The largest absolute Gasteiger partial charge is 0.338 e. The fourth-order valence-electron chi connectivity index (χ4n) is 5.35. The summed E-state index contributed by atoms with van der Waals surface area (Å²) >= 11 is 0. The van der Waals surface area contributed by atoms with Crippen LogP contribution in [0.1, 0.15) is 44.1 Å². The maximum absolute atomic E-state index is 12.6. The number of carbonyl (C=O) groups excluding carboxylic acids is 1. The molecule has 1 unspecified atom stereocenters. The van der Waals surface area contributed by atoms with E-state index >= 15 is 0 Å². The van der Waals surface area contributed by atoms with Gasteiger partial charge in [0, 0.05) is 25.6 Å². The molecule has 3 aliphatic heterocycles. The number of amides is 1. The summed E-state index contributed by atoms with van der Waals surface area (Å²) in [5.41, 5.74) is 1.85. The topological polar surface area (TPSA) is 26.8 Å². The van der Waals surface area contributed by atoms with Gasteiger partial charge in [0.1, 0.15) is 0 Å². The summed E-state index contributed by atoms with van der Waals surface area (Å²) in [6.07, 6.45) is 8.01. The number of hydrogen-bond acceptors (Lipinski definition) is 3. The molecule has 27 heavy (non-hydrogen) atoms. The lowest BCUT2D eigenvalue weighted by molar-refractivity contribution is -0.142. The predicted molar refractivity (Wildman–Crippen MR) is 110 cm³/mol. The third-order valence-corrected chi connectivity index (χ3v) is 7.20. The summed E-state index contributed by atoms with van der Waals surface area (Å²) in [7, 11) is 2.18. The number of likely N-dealkylation sites (tertiary alicyclic amines) is 3. The molecule has 4 heteroatoms. The van der Waals surface area contributed by atoms with Crippen LogP contribution in [-0.4, -0.2) is 73.0 Å².